The van der Waals surface area contributed by atoms with Crippen LogP contribution in [0.15, 0.2) is 11.6 Å². The highest BCUT2D eigenvalue weighted by Gasteiger charge is 2.59. The standard InChI is InChI=1S/C13H20O/c1-14-13-9-5-4-8-12(13)10-6-2-3-7-11(10)13/h6,11-12H,2-5,7-9H2,1H3/t11-,12+,13+/m0/s1. The quantitative estimate of drug-likeness (QED) is 0.579. The van der Waals surface area contributed by atoms with Crippen LogP contribution in [0.5, 0.6) is 0 Å². The lowest BCUT2D eigenvalue weighted by Crippen LogP contribution is -2.60. The lowest BCUT2D eigenvalue weighted by molar-refractivity contribution is -0.156. The van der Waals surface area contributed by atoms with Crippen molar-refractivity contribution in [2.45, 2.75) is 50.5 Å². The van der Waals surface area contributed by atoms with Gasteiger partial charge in [-0.05, 0) is 32.1 Å². The molecule has 0 amide bonds. The molecule has 3 rings (SSSR count). The molecule has 2 saturated carbocycles. The van der Waals surface area contributed by atoms with Crippen LogP contribution in [0.1, 0.15) is 44.9 Å². The number of hydrogen-bond donors (Lipinski definition) is 0. The Bertz CT molecular complexity index is 268. The molecule has 0 aliphatic heterocycles. The molecule has 78 valence electrons. The van der Waals surface area contributed by atoms with Crippen LogP contribution in [0.3, 0.4) is 0 Å². The van der Waals surface area contributed by atoms with Gasteiger partial charge in [-0.1, -0.05) is 24.5 Å². The number of ether oxygens (including phenoxy) is 1. The second-order valence-electron chi connectivity index (χ2n) is 5.15. The first-order valence-electron chi connectivity index (χ1n) is 6.13. The largest absolute Gasteiger partial charge is 0.377 e. The molecular weight excluding hydrogens is 172 g/mol. The van der Waals surface area contributed by atoms with Gasteiger partial charge >= 0.3 is 0 Å². The highest BCUT2D eigenvalue weighted by molar-refractivity contribution is 5.33. The molecule has 0 saturated heterocycles. The summed E-state index contributed by atoms with van der Waals surface area (Å²) in [6.07, 6.45) is 12.1. The fourth-order valence-corrected chi connectivity index (χ4v) is 4.14. The smallest absolute Gasteiger partial charge is 0.0808 e. The fraction of sp³-hybridized carbons (Fsp3) is 0.846. The van der Waals surface area contributed by atoms with E-state index in [0.717, 1.165) is 11.8 Å². The van der Waals surface area contributed by atoms with Gasteiger partial charge in [-0.15, -0.1) is 0 Å². The molecule has 3 atom stereocenters. The minimum atomic E-state index is 0.282. The van der Waals surface area contributed by atoms with E-state index in [0.29, 0.717) is 0 Å². The van der Waals surface area contributed by atoms with Crippen molar-refractivity contribution in [1.29, 1.82) is 0 Å². The minimum Gasteiger partial charge on any atom is -0.377 e. The van der Waals surface area contributed by atoms with Gasteiger partial charge in [0.2, 0.25) is 0 Å². The van der Waals surface area contributed by atoms with Gasteiger partial charge in [0, 0.05) is 18.9 Å². The van der Waals surface area contributed by atoms with Crippen LogP contribution >= 0.6 is 0 Å². The van der Waals surface area contributed by atoms with Crippen molar-refractivity contribution in [3.05, 3.63) is 11.6 Å². The van der Waals surface area contributed by atoms with E-state index in [1.165, 1.54) is 44.9 Å². The predicted octanol–water partition coefficient (Wildman–Crippen LogP) is 3.30. The van der Waals surface area contributed by atoms with Crippen molar-refractivity contribution < 1.29 is 4.74 Å². The summed E-state index contributed by atoms with van der Waals surface area (Å²) in [5, 5.41) is 0. The molecule has 0 N–H and O–H groups in total. The molecule has 1 nitrogen and oxygen atoms in total. The summed E-state index contributed by atoms with van der Waals surface area (Å²) >= 11 is 0. The van der Waals surface area contributed by atoms with Gasteiger partial charge in [0.25, 0.3) is 0 Å². The summed E-state index contributed by atoms with van der Waals surface area (Å²) in [4.78, 5) is 0. The van der Waals surface area contributed by atoms with Gasteiger partial charge in [0.05, 0.1) is 5.60 Å². The van der Waals surface area contributed by atoms with E-state index < -0.39 is 0 Å². The van der Waals surface area contributed by atoms with Crippen LogP contribution in [0.4, 0.5) is 0 Å². The molecule has 0 heterocycles. The zero-order valence-corrected chi connectivity index (χ0v) is 9.09. The Morgan fingerprint density at radius 3 is 2.79 bits per heavy atom. The van der Waals surface area contributed by atoms with Crippen LogP contribution in [0.25, 0.3) is 0 Å². The zero-order chi connectivity index (χ0) is 9.60. The molecule has 0 aromatic rings. The Morgan fingerprint density at radius 1 is 1.21 bits per heavy atom. The second kappa shape index (κ2) is 3.10. The van der Waals surface area contributed by atoms with Crippen LogP contribution in [0, 0.1) is 11.8 Å². The van der Waals surface area contributed by atoms with E-state index in [-0.39, 0.29) is 5.60 Å². The van der Waals surface area contributed by atoms with Gasteiger partial charge in [-0.25, -0.2) is 0 Å². The van der Waals surface area contributed by atoms with Crippen molar-refractivity contribution in [3.8, 4) is 0 Å². The van der Waals surface area contributed by atoms with Crippen molar-refractivity contribution in [1.82, 2.24) is 0 Å². The molecule has 0 radical (unpaired) electrons. The third kappa shape index (κ3) is 0.942. The maximum Gasteiger partial charge on any atom is 0.0808 e. The van der Waals surface area contributed by atoms with Crippen LogP contribution in [-0.2, 0) is 4.74 Å². The van der Waals surface area contributed by atoms with Gasteiger partial charge < -0.3 is 4.74 Å². The third-order valence-corrected chi connectivity index (χ3v) is 4.75. The normalized spacial score (nSPS) is 45.9. The Hall–Kier alpha value is -0.300. The molecule has 0 bridgehead atoms. The first kappa shape index (κ1) is 8.96. The Morgan fingerprint density at radius 2 is 2.00 bits per heavy atom. The van der Waals surface area contributed by atoms with E-state index in [9.17, 15) is 0 Å². The molecular formula is C13H20O. The van der Waals surface area contributed by atoms with Gasteiger partial charge in [-0.3, -0.25) is 0 Å². The van der Waals surface area contributed by atoms with Gasteiger partial charge in [-0.2, -0.15) is 0 Å². The molecule has 0 aromatic carbocycles. The summed E-state index contributed by atoms with van der Waals surface area (Å²) in [5.41, 5.74) is 2.04. The van der Waals surface area contributed by atoms with Crippen LogP contribution in [-0.4, -0.2) is 12.7 Å². The first-order chi connectivity index (χ1) is 6.88. The SMILES string of the molecule is CO[C@@]12CCCC[C@@H]1C1=CCCC[C@@H]12. The zero-order valence-electron chi connectivity index (χ0n) is 9.09. The van der Waals surface area contributed by atoms with Crippen molar-refractivity contribution in [3.63, 3.8) is 0 Å². The van der Waals surface area contributed by atoms with E-state index in [1.807, 2.05) is 7.11 Å². The summed E-state index contributed by atoms with van der Waals surface area (Å²) < 4.78 is 5.91. The lowest BCUT2D eigenvalue weighted by Gasteiger charge is -2.61. The second-order valence-corrected chi connectivity index (χ2v) is 5.15. The van der Waals surface area contributed by atoms with E-state index in [2.05, 4.69) is 6.08 Å². The average molecular weight is 192 g/mol. The molecule has 14 heavy (non-hydrogen) atoms. The topological polar surface area (TPSA) is 9.23 Å². The monoisotopic (exact) mass is 192 g/mol. The third-order valence-electron chi connectivity index (χ3n) is 4.75. The maximum atomic E-state index is 5.91. The average Bonchev–Trinajstić information content (AvgIpc) is 2.25. The first-order valence-corrected chi connectivity index (χ1v) is 6.13. The van der Waals surface area contributed by atoms with Gasteiger partial charge in [0.15, 0.2) is 0 Å². The molecule has 3 aliphatic rings. The Kier molecular flexibility index (Phi) is 1.98. The molecule has 0 spiro atoms. The summed E-state index contributed by atoms with van der Waals surface area (Å²) in [7, 11) is 1.93. The molecule has 2 fully saturated rings. The summed E-state index contributed by atoms with van der Waals surface area (Å²) in [6, 6.07) is 0. The number of methoxy groups -OCH3 is 1. The number of fused-ring (bicyclic) bond motifs is 4. The van der Waals surface area contributed by atoms with E-state index in [1.54, 1.807) is 5.57 Å². The van der Waals surface area contributed by atoms with Crippen LogP contribution < -0.4 is 0 Å². The van der Waals surface area contributed by atoms with Crippen molar-refractivity contribution in [2.75, 3.05) is 7.11 Å². The van der Waals surface area contributed by atoms with E-state index in [4.69, 9.17) is 4.74 Å². The van der Waals surface area contributed by atoms with Crippen LogP contribution in [0.2, 0.25) is 0 Å². The minimum absolute atomic E-state index is 0.282. The number of hydrogen-bond acceptors (Lipinski definition) is 1. The molecule has 0 aromatic heterocycles. The Balaban J connectivity index is 1.92. The number of allylic oxidation sites excluding steroid dienone is 1. The molecule has 3 aliphatic carbocycles. The highest BCUT2D eigenvalue weighted by atomic mass is 16.5. The fourth-order valence-electron chi connectivity index (χ4n) is 4.14. The molecule has 0 unspecified atom stereocenters. The molecule has 1 heteroatoms. The lowest BCUT2D eigenvalue weighted by atomic mass is 9.49. The summed E-state index contributed by atoms with van der Waals surface area (Å²) in [5.74, 6) is 1.60. The maximum absolute atomic E-state index is 5.91. The summed E-state index contributed by atoms with van der Waals surface area (Å²) in [6.45, 7) is 0. The van der Waals surface area contributed by atoms with Crippen molar-refractivity contribution >= 4 is 0 Å². The number of rotatable bonds is 1. The highest BCUT2D eigenvalue weighted by Crippen LogP contribution is 2.61. The van der Waals surface area contributed by atoms with E-state index >= 15 is 0 Å². The van der Waals surface area contributed by atoms with Crippen molar-refractivity contribution in [2.24, 2.45) is 11.8 Å². The Labute approximate surface area is 86.5 Å². The van der Waals surface area contributed by atoms with Gasteiger partial charge in [0.1, 0.15) is 0 Å². The predicted molar refractivity (Wildman–Crippen MR) is 57.1 cm³/mol.